The van der Waals surface area contributed by atoms with Gasteiger partial charge in [-0.25, -0.2) is 0 Å². The van der Waals surface area contributed by atoms with E-state index >= 15 is 0 Å². The van der Waals surface area contributed by atoms with Crippen LogP contribution in [-0.2, 0) is 0 Å². The molecule has 1 aliphatic carbocycles. The summed E-state index contributed by atoms with van der Waals surface area (Å²) in [6.07, 6.45) is 4.88. The Balaban J connectivity index is 1.99. The molecule has 1 aliphatic rings. The van der Waals surface area contributed by atoms with Crippen LogP contribution in [0, 0.1) is 5.41 Å². The highest BCUT2D eigenvalue weighted by Crippen LogP contribution is 2.41. The van der Waals surface area contributed by atoms with Crippen molar-refractivity contribution in [1.29, 1.82) is 0 Å². The highest BCUT2D eigenvalue weighted by atomic mass is 16.5. The summed E-state index contributed by atoms with van der Waals surface area (Å²) < 4.78 is 5.50. The molecule has 4 heteroatoms. The molecule has 1 aromatic rings. The Morgan fingerprint density at radius 1 is 1.30 bits per heavy atom. The molecule has 114 valence electrons. The van der Waals surface area contributed by atoms with Gasteiger partial charge in [0.2, 0.25) is 5.89 Å². The average Bonchev–Trinajstić information content (AvgIpc) is 2.87. The molecular weight excluding hydrogens is 250 g/mol. The van der Waals surface area contributed by atoms with Gasteiger partial charge in [-0.1, -0.05) is 32.9 Å². The van der Waals surface area contributed by atoms with Gasteiger partial charge in [0.1, 0.15) is 0 Å². The van der Waals surface area contributed by atoms with Gasteiger partial charge >= 0.3 is 0 Å². The van der Waals surface area contributed by atoms with Gasteiger partial charge < -0.3 is 9.84 Å². The molecule has 0 aliphatic heterocycles. The van der Waals surface area contributed by atoms with Crippen LogP contribution in [0.1, 0.15) is 83.9 Å². The van der Waals surface area contributed by atoms with Gasteiger partial charge in [-0.15, -0.1) is 0 Å². The van der Waals surface area contributed by atoms with Crippen molar-refractivity contribution in [3.05, 3.63) is 11.7 Å². The van der Waals surface area contributed by atoms with Crippen molar-refractivity contribution < 1.29 is 4.52 Å². The van der Waals surface area contributed by atoms with Crippen LogP contribution < -0.4 is 5.32 Å². The van der Waals surface area contributed by atoms with E-state index < -0.39 is 0 Å². The van der Waals surface area contributed by atoms with E-state index in [1.165, 1.54) is 25.7 Å². The van der Waals surface area contributed by atoms with E-state index in [2.05, 4.69) is 50.1 Å². The third-order valence-electron chi connectivity index (χ3n) is 4.83. The molecular formula is C16H29N3O. The molecule has 2 atom stereocenters. The molecule has 4 nitrogen and oxygen atoms in total. The molecule has 2 unspecified atom stereocenters. The SMILES string of the molecule is CCNC(C)C(C)c1nc(C2CCC(C)(C)CC2)no1. The van der Waals surface area contributed by atoms with Crippen LogP contribution in [0.25, 0.3) is 0 Å². The summed E-state index contributed by atoms with van der Waals surface area (Å²) in [7, 11) is 0. The molecule has 1 saturated carbocycles. The normalized spacial score (nSPS) is 22.6. The lowest BCUT2D eigenvalue weighted by Crippen LogP contribution is -2.30. The quantitative estimate of drug-likeness (QED) is 0.889. The molecule has 0 spiro atoms. The Kier molecular flexibility index (Phi) is 4.84. The van der Waals surface area contributed by atoms with Gasteiger partial charge in [-0.3, -0.25) is 0 Å². The fourth-order valence-corrected chi connectivity index (χ4v) is 2.97. The van der Waals surface area contributed by atoms with Crippen molar-refractivity contribution in [3.63, 3.8) is 0 Å². The van der Waals surface area contributed by atoms with Gasteiger partial charge in [0.25, 0.3) is 0 Å². The Morgan fingerprint density at radius 2 is 1.95 bits per heavy atom. The number of hydrogen-bond donors (Lipinski definition) is 1. The van der Waals surface area contributed by atoms with Crippen molar-refractivity contribution >= 4 is 0 Å². The zero-order valence-electron chi connectivity index (χ0n) is 13.6. The molecule has 1 fully saturated rings. The van der Waals surface area contributed by atoms with Crippen LogP contribution in [0.5, 0.6) is 0 Å². The van der Waals surface area contributed by atoms with Crippen LogP contribution in [0.4, 0.5) is 0 Å². The zero-order valence-corrected chi connectivity index (χ0v) is 13.6. The minimum Gasteiger partial charge on any atom is -0.339 e. The molecule has 0 amide bonds. The van der Waals surface area contributed by atoms with Crippen molar-refractivity contribution in [2.75, 3.05) is 6.54 Å². The lowest BCUT2D eigenvalue weighted by Gasteiger charge is -2.32. The Bertz CT molecular complexity index is 417. The summed E-state index contributed by atoms with van der Waals surface area (Å²) in [4.78, 5) is 4.67. The molecule has 20 heavy (non-hydrogen) atoms. The molecule has 0 saturated heterocycles. The highest BCUT2D eigenvalue weighted by Gasteiger charge is 2.31. The number of nitrogens with one attached hydrogen (secondary N) is 1. The largest absolute Gasteiger partial charge is 0.339 e. The van der Waals surface area contributed by atoms with Crippen LogP contribution in [0.2, 0.25) is 0 Å². The second-order valence-corrected chi connectivity index (χ2v) is 7.06. The van der Waals surface area contributed by atoms with Crippen LogP contribution >= 0.6 is 0 Å². The van der Waals surface area contributed by atoms with Gasteiger partial charge in [-0.05, 0) is 44.6 Å². The first kappa shape index (κ1) is 15.5. The first-order chi connectivity index (χ1) is 9.43. The third-order valence-corrected chi connectivity index (χ3v) is 4.83. The van der Waals surface area contributed by atoms with E-state index in [4.69, 9.17) is 4.52 Å². The van der Waals surface area contributed by atoms with Crippen molar-refractivity contribution in [2.45, 2.75) is 78.2 Å². The number of nitrogens with zero attached hydrogens (tertiary/aromatic N) is 2. The van der Waals surface area contributed by atoms with Gasteiger partial charge in [0.05, 0.1) is 5.92 Å². The van der Waals surface area contributed by atoms with E-state index in [1.54, 1.807) is 0 Å². The maximum atomic E-state index is 5.50. The number of likely N-dealkylation sites (N-methyl/N-ethyl adjacent to an activating group) is 1. The predicted octanol–water partition coefficient (Wildman–Crippen LogP) is 3.85. The van der Waals surface area contributed by atoms with Gasteiger partial charge in [-0.2, -0.15) is 4.98 Å². The van der Waals surface area contributed by atoms with E-state index in [0.29, 0.717) is 17.4 Å². The highest BCUT2D eigenvalue weighted by molar-refractivity contribution is 5.02. The molecule has 0 radical (unpaired) electrons. The summed E-state index contributed by atoms with van der Waals surface area (Å²) in [6, 6.07) is 0.360. The molecule has 0 bridgehead atoms. The Labute approximate surface area is 122 Å². The number of rotatable bonds is 5. The van der Waals surface area contributed by atoms with Crippen molar-refractivity contribution in [1.82, 2.24) is 15.5 Å². The Hall–Kier alpha value is -0.900. The average molecular weight is 279 g/mol. The first-order valence-corrected chi connectivity index (χ1v) is 8.00. The van der Waals surface area contributed by atoms with Crippen LogP contribution in [0.3, 0.4) is 0 Å². The van der Waals surface area contributed by atoms with E-state index in [-0.39, 0.29) is 5.92 Å². The second kappa shape index (κ2) is 6.25. The second-order valence-electron chi connectivity index (χ2n) is 7.06. The predicted molar refractivity (Wildman–Crippen MR) is 80.8 cm³/mol. The van der Waals surface area contributed by atoms with Crippen LogP contribution in [0.15, 0.2) is 4.52 Å². The molecule has 2 rings (SSSR count). The Morgan fingerprint density at radius 3 is 2.55 bits per heavy atom. The lowest BCUT2D eigenvalue weighted by atomic mass is 9.73. The smallest absolute Gasteiger partial charge is 0.231 e. The van der Waals surface area contributed by atoms with Gasteiger partial charge in [0.15, 0.2) is 5.82 Å². The summed E-state index contributed by atoms with van der Waals surface area (Å²) in [6.45, 7) is 12.1. The number of hydrogen-bond acceptors (Lipinski definition) is 4. The first-order valence-electron chi connectivity index (χ1n) is 8.00. The van der Waals surface area contributed by atoms with E-state index in [1.807, 2.05) is 0 Å². The lowest BCUT2D eigenvalue weighted by molar-refractivity contribution is 0.218. The topological polar surface area (TPSA) is 51.0 Å². The summed E-state index contributed by atoms with van der Waals surface area (Å²) in [5, 5.41) is 7.65. The zero-order chi connectivity index (χ0) is 14.8. The van der Waals surface area contributed by atoms with Crippen molar-refractivity contribution in [3.8, 4) is 0 Å². The minimum absolute atomic E-state index is 0.260. The molecule has 1 heterocycles. The molecule has 0 aromatic carbocycles. The molecule has 1 aromatic heterocycles. The maximum Gasteiger partial charge on any atom is 0.231 e. The summed E-state index contributed by atoms with van der Waals surface area (Å²) in [5.41, 5.74) is 0.482. The molecule has 1 N–H and O–H groups in total. The summed E-state index contributed by atoms with van der Waals surface area (Å²) in [5.74, 6) is 2.45. The van der Waals surface area contributed by atoms with Crippen molar-refractivity contribution in [2.24, 2.45) is 5.41 Å². The maximum absolute atomic E-state index is 5.50. The van der Waals surface area contributed by atoms with Crippen LogP contribution in [-0.4, -0.2) is 22.7 Å². The monoisotopic (exact) mass is 279 g/mol. The number of aromatic nitrogens is 2. The van der Waals surface area contributed by atoms with E-state index in [0.717, 1.165) is 18.3 Å². The van der Waals surface area contributed by atoms with Gasteiger partial charge in [0, 0.05) is 12.0 Å². The third kappa shape index (κ3) is 3.60. The standard InChI is InChI=1S/C16H29N3O/c1-6-17-12(3)11(2)15-18-14(19-20-15)13-7-9-16(4,5)10-8-13/h11-13,17H,6-10H2,1-5H3. The minimum atomic E-state index is 0.260. The van der Waals surface area contributed by atoms with E-state index in [9.17, 15) is 0 Å². The fraction of sp³-hybridized carbons (Fsp3) is 0.875. The fourth-order valence-electron chi connectivity index (χ4n) is 2.97. The summed E-state index contributed by atoms with van der Waals surface area (Å²) >= 11 is 0.